The van der Waals surface area contributed by atoms with Crippen molar-refractivity contribution in [3.8, 4) is 17.2 Å². The molecule has 262 valence electrons. The number of benzene rings is 2. The molecule has 4 atom stereocenters. The maximum Gasteiger partial charge on any atom is 0.242 e. The monoisotopic (exact) mass is 658 g/mol. The molecule has 0 aliphatic heterocycles. The van der Waals surface area contributed by atoms with Gasteiger partial charge < -0.3 is 49.5 Å². The van der Waals surface area contributed by atoms with Gasteiger partial charge in [-0.15, -0.1) is 0 Å². The zero-order valence-electron chi connectivity index (χ0n) is 29.1. The second-order valence-electron chi connectivity index (χ2n) is 12.8. The smallest absolute Gasteiger partial charge is 0.242 e. The number of nitrogens with zero attached hydrogens (tertiary/aromatic N) is 1. The topological polar surface area (TPSA) is 159 Å². The van der Waals surface area contributed by atoms with E-state index in [1.165, 1.54) is 28.4 Å². The molecule has 3 N–H and O–H groups in total. The highest BCUT2D eigenvalue weighted by Crippen LogP contribution is 2.39. The lowest BCUT2D eigenvalue weighted by molar-refractivity contribution is -0.275. The number of hydrogen-bond donors (Lipinski definition) is 3. The van der Waals surface area contributed by atoms with E-state index in [0.717, 1.165) is 10.5 Å². The average molecular weight is 659 g/mol. The standard InChI is InChI=1S/C35H53N3O9/c1-22(2)30(33(41)36-15-16-44-6)37-32(40)25(17-24-19-28(45-7)31(47-9)29(20-24)46-8)21-27(39)26(18-23-13-11-10-12-14-23)38(34(42)43)35(3,4)5/h10-14,19-20,22,25-27,30,39H,15-18,21H2,1-9H3,(H,36,41)(H,37,40)(H,42,43)/p-1/t25-,26+,27+,30+/m1/s1. The van der Waals surface area contributed by atoms with Gasteiger partial charge in [0, 0.05) is 25.1 Å². The van der Waals surface area contributed by atoms with E-state index in [4.69, 9.17) is 18.9 Å². The quantitative estimate of drug-likeness (QED) is 0.205. The molecule has 0 bridgehead atoms. The Hall–Kier alpha value is -4.03. The maximum atomic E-state index is 14.1. The first kappa shape index (κ1) is 39.1. The molecule has 0 saturated carbocycles. The number of rotatable bonds is 18. The number of nitrogens with one attached hydrogen (secondary N) is 2. The van der Waals surface area contributed by atoms with Crippen LogP contribution in [0.15, 0.2) is 42.5 Å². The van der Waals surface area contributed by atoms with E-state index in [2.05, 4.69) is 10.6 Å². The summed E-state index contributed by atoms with van der Waals surface area (Å²) in [4.78, 5) is 40.8. The summed E-state index contributed by atoms with van der Waals surface area (Å²) in [5, 5.41) is 30.0. The molecule has 0 heterocycles. The maximum absolute atomic E-state index is 14.1. The van der Waals surface area contributed by atoms with Gasteiger partial charge in [-0.2, -0.15) is 0 Å². The van der Waals surface area contributed by atoms with Gasteiger partial charge in [0.05, 0.1) is 40.1 Å². The van der Waals surface area contributed by atoms with Gasteiger partial charge in [-0.05, 0) is 69.2 Å². The fraction of sp³-hybridized carbons (Fsp3) is 0.571. The third-order valence-corrected chi connectivity index (χ3v) is 7.94. The molecular formula is C35H52N3O9-. The highest BCUT2D eigenvalue weighted by molar-refractivity contribution is 5.88. The van der Waals surface area contributed by atoms with Gasteiger partial charge in [0.15, 0.2) is 11.5 Å². The van der Waals surface area contributed by atoms with Crippen molar-refractivity contribution < 1.29 is 43.5 Å². The van der Waals surface area contributed by atoms with E-state index >= 15 is 0 Å². The summed E-state index contributed by atoms with van der Waals surface area (Å²) >= 11 is 0. The molecule has 0 aliphatic carbocycles. The second kappa shape index (κ2) is 18.3. The lowest BCUT2D eigenvalue weighted by atomic mass is 9.86. The predicted octanol–water partition coefficient (Wildman–Crippen LogP) is 2.58. The van der Waals surface area contributed by atoms with Gasteiger partial charge in [0.2, 0.25) is 17.6 Å². The van der Waals surface area contributed by atoms with Gasteiger partial charge in [0.25, 0.3) is 0 Å². The molecule has 2 rings (SSSR count). The minimum absolute atomic E-state index is 0.106. The zero-order chi connectivity index (χ0) is 35.3. The van der Waals surface area contributed by atoms with E-state index in [9.17, 15) is 24.6 Å². The van der Waals surface area contributed by atoms with Crippen LogP contribution >= 0.6 is 0 Å². The molecule has 0 unspecified atom stereocenters. The molecule has 12 heteroatoms. The molecule has 0 aromatic heterocycles. The molecule has 0 fully saturated rings. The third-order valence-electron chi connectivity index (χ3n) is 7.94. The predicted molar refractivity (Wildman–Crippen MR) is 176 cm³/mol. The van der Waals surface area contributed by atoms with Crippen LogP contribution in [0.5, 0.6) is 17.2 Å². The van der Waals surface area contributed by atoms with Crippen molar-refractivity contribution in [2.75, 3.05) is 41.6 Å². The van der Waals surface area contributed by atoms with E-state index in [1.807, 2.05) is 44.2 Å². The Morgan fingerprint density at radius 2 is 1.49 bits per heavy atom. The number of methoxy groups -OCH3 is 4. The first-order valence-electron chi connectivity index (χ1n) is 15.8. The highest BCUT2D eigenvalue weighted by atomic mass is 16.5. The molecule has 3 amide bonds. The van der Waals surface area contributed by atoms with Crippen molar-refractivity contribution in [3.05, 3.63) is 53.6 Å². The van der Waals surface area contributed by atoms with Crippen molar-refractivity contribution in [1.29, 1.82) is 0 Å². The summed E-state index contributed by atoms with van der Waals surface area (Å²) in [6, 6.07) is 10.8. The molecule has 12 nitrogen and oxygen atoms in total. The van der Waals surface area contributed by atoms with E-state index < -0.39 is 41.6 Å². The van der Waals surface area contributed by atoms with Crippen LogP contribution in [0.1, 0.15) is 52.2 Å². The van der Waals surface area contributed by atoms with Crippen molar-refractivity contribution in [2.45, 2.75) is 77.6 Å². The van der Waals surface area contributed by atoms with E-state index in [0.29, 0.717) is 29.4 Å². The Bertz CT molecular complexity index is 1270. The van der Waals surface area contributed by atoms with Crippen LogP contribution in [0.4, 0.5) is 4.79 Å². The van der Waals surface area contributed by atoms with Crippen LogP contribution in [0.2, 0.25) is 0 Å². The van der Waals surface area contributed by atoms with Crippen molar-refractivity contribution in [1.82, 2.24) is 15.5 Å². The molecule has 0 saturated heterocycles. The first-order chi connectivity index (χ1) is 22.2. The van der Waals surface area contributed by atoms with Gasteiger partial charge in [-0.25, -0.2) is 0 Å². The lowest BCUT2D eigenvalue weighted by Gasteiger charge is -2.46. The number of carbonyl (C=O) groups excluding carboxylic acids is 3. The highest BCUT2D eigenvalue weighted by Gasteiger charge is 2.37. The molecule has 2 aromatic rings. The Labute approximate surface area is 278 Å². The Kier molecular flexibility index (Phi) is 15.3. The van der Waals surface area contributed by atoms with Crippen LogP contribution in [0, 0.1) is 11.8 Å². The van der Waals surface area contributed by atoms with Gasteiger partial charge in [0.1, 0.15) is 12.1 Å². The van der Waals surface area contributed by atoms with Crippen molar-refractivity contribution in [2.24, 2.45) is 11.8 Å². The lowest BCUT2D eigenvalue weighted by Crippen LogP contribution is -2.61. The molecule has 0 radical (unpaired) electrons. The number of ether oxygens (including phenoxy) is 4. The Morgan fingerprint density at radius 3 is 1.96 bits per heavy atom. The van der Waals surface area contributed by atoms with Crippen LogP contribution in [0.25, 0.3) is 0 Å². The summed E-state index contributed by atoms with van der Waals surface area (Å²) in [6.45, 7) is 9.40. The van der Waals surface area contributed by atoms with Crippen molar-refractivity contribution >= 4 is 17.9 Å². The molecule has 0 aliphatic rings. The van der Waals surface area contributed by atoms with Crippen LogP contribution in [0.3, 0.4) is 0 Å². The molecular weight excluding hydrogens is 606 g/mol. The van der Waals surface area contributed by atoms with Gasteiger partial charge in [-0.3, -0.25) is 9.59 Å². The number of aliphatic hydroxyl groups is 1. The molecule has 0 spiro atoms. The van der Waals surface area contributed by atoms with Gasteiger partial charge >= 0.3 is 0 Å². The van der Waals surface area contributed by atoms with Crippen molar-refractivity contribution in [3.63, 3.8) is 0 Å². The van der Waals surface area contributed by atoms with Crippen LogP contribution in [-0.2, 0) is 27.2 Å². The first-order valence-corrected chi connectivity index (χ1v) is 15.8. The van der Waals surface area contributed by atoms with E-state index in [1.54, 1.807) is 32.9 Å². The summed E-state index contributed by atoms with van der Waals surface area (Å²) < 4.78 is 21.5. The van der Waals surface area contributed by atoms with Gasteiger partial charge in [-0.1, -0.05) is 44.2 Å². The molecule has 2 aromatic carbocycles. The molecule has 47 heavy (non-hydrogen) atoms. The summed E-state index contributed by atoms with van der Waals surface area (Å²) in [6.07, 6.45) is -2.57. The summed E-state index contributed by atoms with van der Waals surface area (Å²) in [5.74, 6) is -0.849. The SMILES string of the molecule is COCCNC(=O)[C@@H](NC(=O)[C@H](Cc1cc(OC)c(OC)c(OC)c1)C[C@H](O)[C@H](Cc1ccccc1)N(C(=O)[O-])C(C)(C)C)C(C)C. The normalized spacial score (nSPS) is 14.0. The fourth-order valence-electron chi connectivity index (χ4n) is 5.62. The summed E-state index contributed by atoms with van der Waals surface area (Å²) in [5.41, 5.74) is 0.534. The summed E-state index contributed by atoms with van der Waals surface area (Å²) in [7, 11) is 5.99. The van der Waals surface area contributed by atoms with Crippen LogP contribution in [-0.4, -0.2) is 93.2 Å². The van der Waals surface area contributed by atoms with Crippen LogP contribution < -0.4 is 30.0 Å². The number of carboxylic acid groups (broad SMARTS) is 1. The Morgan fingerprint density at radius 1 is 0.894 bits per heavy atom. The van der Waals surface area contributed by atoms with E-state index in [-0.39, 0.29) is 37.6 Å². The Balaban J connectivity index is 2.58. The number of carbonyl (C=O) groups is 3. The minimum atomic E-state index is -1.43. The number of amides is 3. The fourth-order valence-corrected chi connectivity index (χ4v) is 5.62. The third kappa shape index (κ3) is 11.3. The average Bonchev–Trinajstić information content (AvgIpc) is 3.01. The number of aliphatic hydroxyl groups excluding tert-OH is 1. The second-order valence-corrected chi connectivity index (χ2v) is 12.8. The zero-order valence-corrected chi connectivity index (χ0v) is 29.1. The number of hydrogen-bond acceptors (Lipinski definition) is 9. The minimum Gasteiger partial charge on any atom is -0.530 e. The largest absolute Gasteiger partial charge is 0.530 e.